The van der Waals surface area contributed by atoms with Gasteiger partial charge < -0.3 is 5.32 Å². The predicted molar refractivity (Wildman–Crippen MR) is 48.8 cm³/mol. The van der Waals surface area contributed by atoms with Crippen LogP contribution in [0.2, 0.25) is 5.02 Å². The van der Waals surface area contributed by atoms with Crippen LogP contribution < -0.4 is 5.32 Å². The summed E-state index contributed by atoms with van der Waals surface area (Å²) in [6, 6.07) is 1.58. The molecule has 64 valence electrons. The molecule has 0 saturated carbocycles. The van der Waals surface area contributed by atoms with Crippen molar-refractivity contribution >= 4 is 23.7 Å². The molecule has 0 aliphatic heterocycles. The Morgan fingerprint density at radius 3 is 3.00 bits per heavy atom. The highest BCUT2D eigenvalue weighted by molar-refractivity contribution is 6.33. The molecule has 1 aromatic heterocycles. The SMILES string of the molecule is CCNc1ncc(C=O)cc1Cl. The Morgan fingerprint density at radius 1 is 1.75 bits per heavy atom. The highest BCUT2D eigenvalue weighted by Gasteiger charge is 2.00. The first-order valence-corrected chi connectivity index (χ1v) is 4.00. The minimum absolute atomic E-state index is 0.474. The smallest absolute Gasteiger partial charge is 0.151 e. The first-order chi connectivity index (χ1) is 5.77. The summed E-state index contributed by atoms with van der Waals surface area (Å²) in [5.74, 6) is 0.616. The van der Waals surface area contributed by atoms with E-state index < -0.39 is 0 Å². The number of nitrogens with one attached hydrogen (secondary N) is 1. The average Bonchev–Trinajstić information content (AvgIpc) is 2.09. The van der Waals surface area contributed by atoms with Gasteiger partial charge in [-0.05, 0) is 13.0 Å². The Balaban J connectivity index is 2.94. The van der Waals surface area contributed by atoms with Gasteiger partial charge in [0, 0.05) is 18.3 Å². The van der Waals surface area contributed by atoms with Crippen LogP contribution in [0, 0.1) is 0 Å². The third kappa shape index (κ3) is 1.95. The Hall–Kier alpha value is -1.09. The summed E-state index contributed by atoms with van der Waals surface area (Å²) < 4.78 is 0. The van der Waals surface area contributed by atoms with E-state index in [1.54, 1.807) is 6.07 Å². The molecule has 0 spiro atoms. The Labute approximate surface area is 75.8 Å². The number of carbonyl (C=O) groups is 1. The van der Waals surface area contributed by atoms with Crippen LogP contribution in [0.5, 0.6) is 0 Å². The number of aldehydes is 1. The second-order valence-electron chi connectivity index (χ2n) is 2.25. The molecular weight excluding hydrogens is 176 g/mol. The minimum Gasteiger partial charge on any atom is -0.369 e. The Kier molecular flexibility index (Phi) is 3.05. The second kappa shape index (κ2) is 4.07. The van der Waals surface area contributed by atoms with Gasteiger partial charge in [-0.1, -0.05) is 11.6 Å². The van der Waals surface area contributed by atoms with Gasteiger partial charge in [-0.3, -0.25) is 4.79 Å². The van der Waals surface area contributed by atoms with Crippen molar-refractivity contribution in [3.8, 4) is 0 Å². The van der Waals surface area contributed by atoms with Crippen molar-refractivity contribution in [1.29, 1.82) is 0 Å². The first kappa shape index (κ1) is 9.00. The molecule has 0 saturated heterocycles. The lowest BCUT2D eigenvalue weighted by atomic mass is 10.3. The Morgan fingerprint density at radius 2 is 2.50 bits per heavy atom. The minimum atomic E-state index is 0.474. The van der Waals surface area contributed by atoms with Gasteiger partial charge in [-0.15, -0.1) is 0 Å². The van der Waals surface area contributed by atoms with Gasteiger partial charge in [0.15, 0.2) is 6.29 Å². The second-order valence-corrected chi connectivity index (χ2v) is 2.65. The largest absolute Gasteiger partial charge is 0.369 e. The highest BCUT2D eigenvalue weighted by atomic mass is 35.5. The molecule has 0 aliphatic rings. The van der Waals surface area contributed by atoms with Gasteiger partial charge in [0.25, 0.3) is 0 Å². The van der Waals surface area contributed by atoms with E-state index in [2.05, 4.69) is 10.3 Å². The number of nitrogens with zero attached hydrogens (tertiary/aromatic N) is 1. The maximum Gasteiger partial charge on any atom is 0.151 e. The molecule has 0 radical (unpaired) electrons. The molecule has 0 fully saturated rings. The number of hydrogen-bond donors (Lipinski definition) is 1. The van der Waals surface area contributed by atoms with Crippen LogP contribution in [0.25, 0.3) is 0 Å². The van der Waals surface area contributed by atoms with Crippen molar-refractivity contribution < 1.29 is 4.79 Å². The molecule has 1 rings (SSSR count). The van der Waals surface area contributed by atoms with Crippen LogP contribution in [0.15, 0.2) is 12.3 Å². The molecule has 4 heteroatoms. The lowest BCUT2D eigenvalue weighted by Gasteiger charge is -2.03. The fourth-order valence-corrected chi connectivity index (χ4v) is 1.06. The van der Waals surface area contributed by atoms with Crippen molar-refractivity contribution in [3.63, 3.8) is 0 Å². The zero-order chi connectivity index (χ0) is 8.97. The molecular formula is C8H9ClN2O. The van der Waals surface area contributed by atoms with Crippen molar-refractivity contribution in [3.05, 3.63) is 22.8 Å². The quantitative estimate of drug-likeness (QED) is 0.731. The number of aromatic nitrogens is 1. The van der Waals surface area contributed by atoms with Gasteiger partial charge in [-0.2, -0.15) is 0 Å². The van der Waals surface area contributed by atoms with Crippen LogP contribution in [0.3, 0.4) is 0 Å². The molecule has 0 aromatic carbocycles. The summed E-state index contributed by atoms with van der Waals surface area (Å²) in [7, 11) is 0. The van der Waals surface area contributed by atoms with E-state index in [9.17, 15) is 4.79 Å². The number of carbonyl (C=O) groups excluding carboxylic acids is 1. The fraction of sp³-hybridized carbons (Fsp3) is 0.250. The van der Waals surface area contributed by atoms with E-state index in [4.69, 9.17) is 11.6 Å². The number of hydrogen-bond acceptors (Lipinski definition) is 3. The van der Waals surface area contributed by atoms with Crippen molar-refractivity contribution in [2.75, 3.05) is 11.9 Å². The van der Waals surface area contributed by atoms with E-state index in [-0.39, 0.29) is 0 Å². The van der Waals surface area contributed by atoms with Crippen molar-refractivity contribution in [1.82, 2.24) is 4.98 Å². The maximum absolute atomic E-state index is 10.3. The van der Waals surface area contributed by atoms with E-state index in [1.807, 2.05) is 6.92 Å². The molecule has 1 heterocycles. The number of rotatable bonds is 3. The van der Waals surface area contributed by atoms with Crippen LogP contribution in [-0.2, 0) is 0 Å². The molecule has 0 bridgehead atoms. The summed E-state index contributed by atoms with van der Waals surface area (Å²) in [5, 5.41) is 3.44. The van der Waals surface area contributed by atoms with Crippen molar-refractivity contribution in [2.45, 2.75) is 6.92 Å². The van der Waals surface area contributed by atoms with Crippen LogP contribution in [0.1, 0.15) is 17.3 Å². The van der Waals surface area contributed by atoms with Crippen LogP contribution in [-0.4, -0.2) is 17.8 Å². The van der Waals surface area contributed by atoms with Gasteiger partial charge >= 0.3 is 0 Å². The molecule has 0 aliphatic carbocycles. The average molecular weight is 185 g/mol. The normalized spacial score (nSPS) is 9.50. The summed E-state index contributed by atoms with van der Waals surface area (Å²) in [4.78, 5) is 14.3. The zero-order valence-corrected chi connectivity index (χ0v) is 7.43. The third-order valence-corrected chi connectivity index (χ3v) is 1.63. The summed E-state index contributed by atoms with van der Waals surface area (Å²) in [6.45, 7) is 2.71. The first-order valence-electron chi connectivity index (χ1n) is 3.62. The van der Waals surface area contributed by atoms with Crippen LogP contribution >= 0.6 is 11.6 Å². The van der Waals surface area contributed by atoms with Gasteiger partial charge in [0.1, 0.15) is 5.82 Å². The molecule has 1 N–H and O–H groups in total. The van der Waals surface area contributed by atoms with E-state index in [0.29, 0.717) is 22.7 Å². The van der Waals surface area contributed by atoms with Crippen molar-refractivity contribution in [2.24, 2.45) is 0 Å². The standard InChI is InChI=1S/C8H9ClN2O/c1-2-10-8-7(9)3-6(5-12)4-11-8/h3-5H,2H2,1H3,(H,10,11). The number of anilines is 1. The predicted octanol–water partition coefficient (Wildman–Crippen LogP) is 1.98. The maximum atomic E-state index is 10.3. The van der Waals surface area contributed by atoms with Gasteiger partial charge in [-0.25, -0.2) is 4.98 Å². The monoisotopic (exact) mass is 184 g/mol. The highest BCUT2D eigenvalue weighted by Crippen LogP contribution is 2.18. The molecule has 12 heavy (non-hydrogen) atoms. The van der Waals surface area contributed by atoms with Gasteiger partial charge in [0.05, 0.1) is 5.02 Å². The number of pyridine rings is 1. The third-order valence-electron chi connectivity index (χ3n) is 1.34. The van der Waals surface area contributed by atoms with Crippen LogP contribution in [0.4, 0.5) is 5.82 Å². The van der Waals surface area contributed by atoms with E-state index >= 15 is 0 Å². The fourth-order valence-electron chi connectivity index (χ4n) is 0.815. The van der Waals surface area contributed by atoms with Gasteiger partial charge in [0.2, 0.25) is 0 Å². The lowest BCUT2D eigenvalue weighted by molar-refractivity contribution is 0.112. The summed E-state index contributed by atoms with van der Waals surface area (Å²) in [6.07, 6.45) is 2.20. The van der Waals surface area contributed by atoms with E-state index in [0.717, 1.165) is 6.54 Å². The lowest BCUT2D eigenvalue weighted by Crippen LogP contribution is -2.00. The summed E-state index contributed by atoms with van der Waals surface area (Å²) in [5.41, 5.74) is 0.488. The molecule has 1 aromatic rings. The van der Waals surface area contributed by atoms with E-state index in [1.165, 1.54) is 6.20 Å². The molecule has 0 atom stereocenters. The number of halogens is 1. The summed E-state index contributed by atoms with van der Waals surface area (Å²) >= 11 is 5.80. The zero-order valence-electron chi connectivity index (χ0n) is 6.67. The molecule has 0 amide bonds. The topological polar surface area (TPSA) is 42.0 Å². The Bertz CT molecular complexity index is 288. The molecule has 3 nitrogen and oxygen atoms in total. The molecule has 0 unspecified atom stereocenters.